The second-order valence-electron chi connectivity index (χ2n) is 10.3. The number of nitrogens with one attached hydrogen (secondary N) is 2. The number of carbonyl (C=O) groups excluding carboxylic acids is 2. The van der Waals surface area contributed by atoms with E-state index in [1.54, 1.807) is 19.1 Å². The molecule has 2 aliphatic rings. The highest BCUT2D eigenvalue weighted by molar-refractivity contribution is 6.33. The number of nitrogens with zero attached hydrogens (tertiary/aromatic N) is 3. The van der Waals surface area contributed by atoms with Crippen molar-refractivity contribution in [3.8, 4) is 11.3 Å². The van der Waals surface area contributed by atoms with E-state index in [9.17, 15) is 19.1 Å². The van der Waals surface area contributed by atoms with Crippen molar-refractivity contribution in [1.29, 1.82) is 0 Å². The number of anilines is 1. The molecule has 3 N–H and O–H groups in total. The first kappa shape index (κ1) is 27.9. The molecule has 5 rings (SSSR count). The first-order valence-corrected chi connectivity index (χ1v) is 13.6. The predicted octanol–water partition coefficient (Wildman–Crippen LogP) is 4.03. The Morgan fingerprint density at radius 2 is 2.02 bits per heavy atom. The van der Waals surface area contributed by atoms with E-state index in [1.807, 2.05) is 12.1 Å². The van der Waals surface area contributed by atoms with Gasteiger partial charge in [-0.1, -0.05) is 29.8 Å². The van der Waals surface area contributed by atoms with Gasteiger partial charge < -0.3 is 25.4 Å². The minimum atomic E-state index is -0.970. The van der Waals surface area contributed by atoms with Crippen LogP contribution in [0.2, 0.25) is 5.02 Å². The van der Waals surface area contributed by atoms with Crippen molar-refractivity contribution in [1.82, 2.24) is 20.2 Å². The number of ether oxygens (including phenoxy) is 1. The average molecular weight is 568 g/mol. The summed E-state index contributed by atoms with van der Waals surface area (Å²) in [7, 11) is 0. The fourth-order valence-corrected chi connectivity index (χ4v) is 5.32. The van der Waals surface area contributed by atoms with Crippen molar-refractivity contribution in [3.05, 3.63) is 75.7 Å². The van der Waals surface area contributed by atoms with Gasteiger partial charge in [0.05, 0.1) is 29.1 Å². The summed E-state index contributed by atoms with van der Waals surface area (Å²) >= 11 is 6.44. The maximum atomic E-state index is 14.0. The van der Waals surface area contributed by atoms with Crippen LogP contribution >= 0.6 is 11.6 Å². The van der Waals surface area contributed by atoms with Crippen LogP contribution in [0.4, 0.5) is 10.3 Å². The Kier molecular flexibility index (Phi) is 8.30. The topological polar surface area (TPSA) is 117 Å². The normalized spacial score (nSPS) is 16.9. The summed E-state index contributed by atoms with van der Waals surface area (Å²) in [6.45, 7) is 4.67. The van der Waals surface area contributed by atoms with E-state index in [2.05, 4.69) is 20.6 Å². The largest absolute Gasteiger partial charge is 0.391 e. The van der Waals surface area contributed by atoms with Crippen LogP contribution in [0, 0.1) is 12.7 Å². The third kappa shape index (κ3) is 6.24. The molecule has 1 saturated heterocycles. The third-order valence-corrected chi connectivity index (χ3v) is 7.39. The van der Waals surface area contributed by atoms with E-state index in [4.69, 9.17) is 16.3 Å². The molecule has 1 aromatic heterocycles. The van der Waals surface area contributed by atoms with Crippen LogP contribution in [0.3, 0.4) is 0 Å². The summed E-state index contributed by atoms with van der Waals surface area (Å²) in [4.78, 5) is 36.5. The minimum absolute atomic E-state index is 0.211. The summed E-state index contributed by atoms with van der Waals surface area (Å²) in [6, 6.07) is 9.16. The smallest absolute Gasteiger partial charge is 0.254 e. The molecule has 2 aliphatic heterocycles. The van der Waals surface area contributed by atoms with Crippen molar-refractivity contribution >= 4 is 29.4 Å². The van der Waals surface area contributed by atoms with Crippen molar-refractivity contribution in [2.45, 2.75) is 51.4 Å². The Hall–Kier alpha value is -3.60. The lowest BCUT2D eigenvalue weighted by molar-refractivity contribution is -0.123. The molecule has 3 aromatic rings. The lowest BCUT2D eigenvalue weighted by atomic mass is 10.00. The van der Waals surface area contributed by atoms with Gasteiger partial charge in [0.1, 0.15) is 12.4 Å². The summed E-state index contributed by atoms with van der Waals surface area (Å²) in [5, 5.41) is 16.7. The molecule has 40 heavy (non-hydrogen) atoms. The Labute approximate surface area is 236 Å². The van der Waals surface area contributed by atoms with Gasteiger partial charge in [0.2, 0.25) is 11.9 Å². The van der Waals surface area contributed by atoms with Crippen LogP contribution in [0.1, 0.15) is 52.9 Å². The second kappa shape index (κ2) is 11.9. The quantitative estimate of drug-likeness (QED) is 0.376. The first-order chi connectivity index (χ1) is 19.2. The molecule has 0 bridgehead atoms. The number of carbonyl (C=O) groups is 2. The molecule has 3 heterocycles. The van der Waals surface area contributed by atoms with Gasteiger partial charge in [0.15, 0.2) is 0 Å². The Morgan fingerprint density at radius 3 is 2.75 bits per heavy atom. The third-order valence-electron chi connectivity index (χ3n) is 7.12. The number of rotatable bonds is 8. The summed E-state index contributed by atoms with van der Waals surface area (Å²) < 4.78 is 19.4. The second-order valence-corrected chi connectivity index (χ2v) is 10.7. The molecule has 210 valence electrons. The number of benzene rings is 2. The van der Waals surface area contributed by atoms with Crippen LogP contribution in [0.15, 0.2) is 42.6 Å². The number of hydrogen-bond acceptors (Lipinski definition) is 7. The summed E-state index contributed by atoms with van der Waals surface area (Å²) in [5.74, 6) is -0.756. The Morgan fingerprint density at radius 1 is 1.25 bits per heavy atom. The maximum Gasteiger partial charge on any atom is 0.254 e. The number of aryl methyl sites for hydroxylation is 1. The molecule has 1 fully saturated rings. The number of hydrogen-bond donors (Lipinski definition) is 3. The maximum absolute atomic E-state index is 14.0. The van der Waals surface area contributed by atoms with E-state index in [0.717, 1.165) is 18.4 Å². The average Bonchev–Trinajstić information content (AvgIpc) is 3.22. The number of halogens is 2. The van der Waals surface area contributed by atoms with Gasteiger partial charge in [-0.3, -0.25) is 9.59 Å². The number of aliphatic hydroxyl groups excluding tert-OH is 1. The zero-order valence-electron chi connectivity index (χ0n) is 22.3. The number of amides is 2. The lowest BCUT2D eigenvalue weighted by Crippen LogP contribution is -2.42. The standard InChI is InChI=1S/C29H31ClFN5O4/c1-16-9-20(11-21(31)10-16)26(17(2)37)34-25(38)15-36-14-19-4-3-18(12-23(19)28(36)39)27-24(30)13-32-29(35-27)33-22-5-7-40-8-6-22/h3-4,9-13,17,22,26,37H,5-8,14-15H2,1-2H3,(H,34,38)(H,32,33,35)/t17-,26?/m0/s1. The predicted molar refractivity (Wildman–Crippen MR) is 148 cm³/mol. The van der Waals surface area contributed by atoms with E-state index in [-0.39, 0.29) is 25.0 Å². The molecule has 1 unspecified atom stereocenters. The molecular formula is C29H31ClFN5O4. The van der Waals surface area contributed by atoms with E-state index < -0.39 is 23.9 Å². The van der Waals surface area contributed by atoms with Crippen molar-refractivity contribution < 1.29 is 23.8 Å². The number of aliphatic hydroxyl groups is 1. The summed E-state index contributed by atoms with van der Waals surface area (Å²) in [5.41, 5.74) is 3.53. The fourth-order valence-electron chi connectivity index (χ4n) is 5.12. The van der Waals surface area contributed by atoms with Crippen LogP contribution in [0.5, 0.6) is 0 Å². The van der Waals surface area contributed by atoms with Gasteiger partial charge in [-0.05, 0) is 61.6 Å². The zero-order chi connectivity index (χ0) is 28.4. The first-order valence-electron chi connectivity index (χ1n) is 13.2. The molecule has 0 aliphatic carbocycles. The van der Waals surface area contributed by atoms with Crippen LogP contribution in [-0.2, 0) is 16.1 Å². The molecule has 2 atom stereocenters. The highest BCUT2D eigenvalue weighted by Gasteiger charge is 2.31. The van der Waals surface area contributed by atoms with E-state index >= 15 is 0 Å². The molecule has 9 nitrogen and oxygen atoms in total. The molecule has 2 aromatic carbocycles. The number of aromatic nitrogens is 2. The summed E-state index contributed by atoms with van der Waals surface area (Å²) in [6.07, 6.45) is 2.29. The van der Waals surface area contributed by atoms with Crippen molar-refractivity contribution in [2.75, 3.05) is 25.1 Å². The van der Waals surface area contributed by atoms with E-state index in [0.29, 0.717) is 52.1 Å². The van der Waals surface area contributed by atoms with Crippen molar-refractivity contribution in [3.63, 3.8) is 0 Å². The van der Waals surface area contributed by atoms with Gasteiger partial charge in [0.25, 0.3) is 5.91 Å². The SMILES string of the molecule is Cc1cc(F)cc(C(NC(=O)CN2Cc3ccc(-c4nc(NC5CCOCC5)ncc4Cl)cc3C2=O)[C@H](C)O)c1. The monoisotopic (exact) mass is 567 g/mol. The molecule has 2 amide bonds. The van der Waals surface area contributed by atoms with Crippen LogP contribution in [0.25, 0.3) is 11.3 Å². The highest BCUT2D eigenvalue weighted by Crippen LogP contribution is 2.32. The molecule has 0 saturated carbocycles. The lowest BCUT2D eigenvalue weighted by Gasteiger charge is -2.24. The van der Waals surface area contributed by atoms with Gasteiger partial charge in [-0.15, -0.1) is 0 Å². The Bertz CT molecular complexity index is 1410. The van der Waals surface area contributed by atoms with Gasteiger partial charge in [-0.2, -0.15) is 0 Å². The van der Waals surface area contributed by atoms with E-state index in [1.165, 1.54) is 30.2 Å². The van der Waals surface area contributed by atoms with Crippen molar-refractivity contribution in [2.24, 2.45) is 0 Å². The minimum Gasteiger partial charge on any atom is -0.391 e. The number of fused-ring (bicyclic) bond motifs is 1. The molecular weight excluding hydrogens is 537 g/mol. The highest BCUT2D eigenvalue weighted by atomic mass is 35.5. The fraction of sp³-hybridized carbons (Fsp3) is 0.379. The van der Waals surface area contributed by atoms with Crippen LogP contribution in [-0.4, -0.2) is 63.7 Å². The van der Waals surface area contributed by atoms with Gasteiger partial charge in [-0.25, -0.2) is 14.4 Å². The van der Waals surface area contributed by atoms with Gasteiger partial charge in [0, 0.05) is 36.9 Å². The molecule has 0 spiro atoms. The molecule has 11 heteroatoms. The van der Waals surface area contributed by atoms with Gasteiger partial charge >= 0.3 is 0 Å². The molecule has 0 radical (unpaired) electrons. The zero-order valence-corrected chi connectivity index (χ0v) is 23.0. The van der Waals surface area contributed by atoms with Crippen LogP contribution < -0.4 is 10.6 Å². The Balaban J connectivity index is 1.29.